The standard InChI is InChI=1S/C26H18N4O3/c27-17-18-8-10-21(11-9-18)33-22-5-3-4-20(16-22)29-25(31)26(32)30-24-7-2-1-6-23(24)19-12-14-28-15-13-19/h1-16H,(H,29,31)(H,30,32). The molecule has 33 heavy (non-hydrogen) atoms. The van der Waals surface area contributed by atoms with Crippen LogP contribution in [-0.4, -0.2) is 16.8 Å². The van der Waals surface area contributed by atoms with Crippen LogP contribution in [0.2, 0.25) is 0 Å². The molecule has 1 aromatic heterocycles. The second-order valence-electron chi connectivity index (χ2n) is 6.96. The zero-order valence-corrected chi connectivity index (χ0v) is 17.4. The van der Waals surface area contributed by atoms with Gasteiger partial charge in [-0.1, -0.05) is 24.3 Å². The van der Waals surface area contributed by atoms with Gasteiger partial charge in [0, 0.05) is 35.4 Å². The summed E-state index contributed by atoms with van der Waals surface area (Å²) in [5, 5.41) is 14.1. The van der Waals surface area contributed by atoms with Crippen LogP contribution in [0.3, 0.4) is 0 Å². The summed E-state index contributed by atoms with van der Waals surface area (Å²) in [6.45, 7) is 0. The van der Waals surface area contributed by atoms with Crippen LogP contribution >= 0.6 is 0 Å². The Morgan fingerprint density at radius 1 is 0.788 bits per heavy atom. The maximum Gasteiger partial charge on any atom is 0.314 e. The molecule has 0 unspecified atom stereocenters. The summed E-state index contributed by atoms with van der Waals surface area (Å²) in [7, 11) is 0. The third kappa shape index (κ3) is 5.40. The molecule has 1 heterocycles. The third-order valence-electron chi connectivity index (χ3n) is 4.68. The highest BCUT2D eigenvalue weighted by atomic mass is 16.5. The number of aromatic nitrogens is 1. The van der Waals surface area contributed by atoms with E-state index in [2.05, 4.69) is 15.6 Å². The lowest BCUT2D eigenvalue weighted by Crippen LogP contribution is -2.29. The zero-order valence-electron chi connectivity index (χ0n) is 17.4. The summed E-state index contributed by atoms with van der Waals surface area (Å²) in [5.74, 6) is -0.589. The first-order valence-corrected chi connectivity index (χ1v) is 10.0. The SMILES string of the molecule is N#Cc1ccc(Oc2cccc(NC(=O)C(=O)Nc3ccccc3-c3ccncc3)c2)cc1. The lowest BCUT2D eigenvalue weighted by atomic mass is 10.1. The Kier molecular flexibility index (Phi) is 6.38. The molecule has 0 aliphatic carbocycles. The van der Waals surface area contributed by atoms with Crippen LogP contribution in [0.1, 0.15) is 5.56 Å². The number of nitrogens with zero attached hydrogens (tertiary/aromatic N) is 2. The van der Waals surface area contributed by atoms with Gasteiger partial charge >= 0.3 is 11.8 Å². The first-order chi connectivity index (χ1) is 16.1. The normalized spacial score (nSPS) is 10.0. The molecule has 0 fully saturated rings. The molecule has 0 spiro atoms. The highest BCUT2D eigenvalue weighted by Crippen LogP contribution is 2.27. The van der Waals surface area contributed by atoms with Gasteiger partial charge in [-0.15, -0.1) is 0 Å². The van der Waals surface area contributed by atoms with Gasteiger partial charge in [-0.05, 0) is 60.2 Å². The molecule has 0 bridgehead atoms. The predicted octanol–water partition coefficient (Wildman–Crippen LogP) is 4.99. The lowest BCUT2D eigenvalue weighted by Gasteiger charge is -2.12. The molecule has 0 saturated heterocycles. The van der Waals surface area contributed by atoms with E-state index in [9.17, 15) is 9.59 Å². The third-order valence-corrected chi connectivity index (χ3v) is 4.68. The Hall–Kier alpha value is -4.96. The molecule has 2 N–H and O–H groups in total. The van der Waals surface area contributed by atoms with Gasteiger partial charge in [0.05, 0.1) is 11.6 Å². The van der Waals surface area contributed by atoms with Crippen molar-refractivity contribution in [2.75, 3.05) is 10.6 Å². The number of hydrogen-bond acceptors (Lipinski definition) is 5. The van der Waals surface area contributed by atoms with E-state index in [1.54, 1.807) is 73.1 Å². The van der Waals surface area contributed by atoms with Crippen molar-refractivity contribution in [1.82, 2.24) is 4.98 Å². The fraction of sp³-hybridized carbons (Fsp3) is 0. The number of amides is 2. The maximum atomic E-state index is 12.5. The van der Waals surface area contributed by atoms with Gasteiger partial charge in [0.1, 0.15) is 11.5 Å². The average molecular weight is 434 g/mol. The summed E-state index contributed by atoms with van der Waals surface area (Å²) in [6, 6.07) is 26.2. The number of nitrogens with one attached hydrogen (secondary N) is 2. The molecule has 0 aliphatic heterocycles. The van der Waals surface area contributed by atoms with Gasteiger partial charge in [-0.3, -0.25) is 14.6 Å². The molecule has 160 valence electrons. The van der Waals surface area contributed by atoms with Crippen molar-refractivity contribution in [1.29, 1.82) is 5.26 Å². The van der Waals surface area contributed by atoms with Crippen LogP contribution < -0.4 is 15.4 Å². The molecule has 7 nitrogen and oxygen atoms in total. The second kappa shape index (κ2) is 9.90. The maximum absolute atomic E-state index is 12.5. The molecule has 0 aliphatic rings. The van der Waals surface area contributed by atoms with Crippen molar-refractivity contribution in [3.63, 3.8) is 0 Å². The van der Waals surface area contributed by atoms with Gasteiger partial charge < -0.3 is 15.4 Å². The Balaban J connectivity index is 1.43. The highest BCUT2D eigenvalue weighted by Gasteiger charge is 2.16. The van der Waals surface area contributed by atoms with E-state index >= 15 is 0 Å². The number of anilines is 2. The van der Waals surface area contributed by atoms with E-state index in [0.29, 0.717) is 28.4 Å². The quantitative estimate of drug-likeness (QED) is 0.431. The van der Waals surface area contributed by atoms with Crippen molar-refractivity contribution in [3.05, 3.63) is 103 Å². The number of benzene rings is 3. The fourth-order valence-electron chi connectivity index (χ4n) is 3.11. The van der Waals surface area contributed by atoms with Crippen LogP contribution in [0, 0.1) is 11.3 Å². The van der Waals surface area contributed by atoms with Crippen molar-refractivity contribution < 1.29 is 14.3 Å². The van der Waals surface area contributed by atoms with Gasteiger partial charge in [-0.25, -0.2) is 0 Å². The van der Waals surface area contributed by atoms with Crippen LogP contribution in [0.5, 0.6) is 11.5 Å². The number of ether oxygens (including phenoxy) is 1. The molecule has 0 radical (unpaired) electrons. The summed E-state index contributed by atoms with van der Waals surface area (Å²) in [4.78, 5) is 29.0. The van der Waals surface area contributed by atoms with Gasteiger partial charge in [0.15, 0.2) is 0 Å². The molecule has 3 aromatic carbocycles. The number of nitriles is 1. The van der Waals surface area contributed by atoms with Crippen molar-refractivity contribution in [2.45, 2.75) is 0 Å². The summed E-state index contributed by atoms with van der Waals surface area (Å²) >= 11 is 0. The van der Waals surface area contributed by atoms with Gasteiger partial charge in [0.25, 0.3) is 0 Å². The Morgan fingerprint density at radius 2 is 1.52 bits per heavy atom. The largest absolute Gasteiger partial charge is 0.457 e. The highest BCUT2D eigenvalue weighted by molar-refractivity contribution is 6.44. The fourth-order valence-corrected chi connectivity index (χ4v) is 3.11. The first kappa shape index (κ1) is 21.3. The second-order valence-corrected chi connectivity index (χ2v) is 6.96. The predicted molar refractivity (Wildman–Crippen MR) is 125 cm³/mol. The number of carbonyl (C=O) groups is 2. The van der Waals surface area contributed by atoms with E-state index in [4.69, 9.17) is 10.00 Å². The molecule has 0 atom stereocenters. The molecular weight excluding hydrogens is 416 g/mol. The molecule has 7 heteroatoms. The van der Waals surface area contributed by atoms with E-state index in [-0.39, 0.29) is 0 Å². The molecular formula is C26H18N4O3. The molecule has 4 aromatic rings. The van der Waals surface area contributed by atoms with Gasteiger partial charge in [-0.2, -0.15) is 5.26 Å². The lowest BCUT2D eigenvalue weighted by molar-refractivity contribution is -0.132. The van der Waals surface area contributed by atoms with Gasteiger partial charge in [0.2, 0.25) is 0 Å². The topological polar surface area (TPSA) is 104 Å². The number of pyridine rings is 1. The monoisotopic (exact) mass is 434 g/mol. The van der Waals surface area contributed by atoms with E-state index in [1.807, 2.05) is 30.3 Å². The van der Waals surface area contributed by atoms with Crippen LogP contribution in [0.25, 0.3) is 11.1 Å². The Labute approximate surface area is 190 Å². The van der Waals surface area contributed by atoms with E-state index in [0.717, 1.165) is 11.1 Å². The Bertz CT molecular complexity index is 1330. The van der Waals surface area contributed by atoms with Crippen LogP contribution in [0.15, 0.2) is 97.3 Å². The number of para-hydroxylation sites is 1. The van der Waals surface area contributed by atoms with Crippen molar-refractivity contribution >= 4 is 23.2 Å². The summed E-state index contributed by atoms with van der Waals surface area (Å²) in [5.41, 5.74) is 3.10. The molecule has 0 saturated carbocycles. The first-order valence-electron chi connectivity index (χ1n) is 10.0. The number of carbonyl (C=O) groups excluding carboxylic acids is 2. The van der Waals surface area contributed by atoms with E-state index in [1.165, 1.54) is 0 Å². The van der Waals surface area contributed by atoms with Crippen molar-refractivity contribution in [2.24, 2.45) is 0 Å². The minimum atomic E-state index is -0.810. The number of rotatable bonds is 5. The summed E-state index contributed by atoms with van der Waals surface area (Å²) in [6.07, 6.45) is 3.32. The minimum Gasteiger partial charge on any atom is -0.457 e. The van der Waals surface area contributed by atoms with Crippen LogP contribution in [0.4, 0.5) is 11.4 Å². The molecule has 2 amide bonds. The zero-order chi connectivity index (χ0) is 23.0. The smallest absolute Gasteiger partial charge is 0.314 e. The molecule has 4 rings (SSSR count). The van der Waals surface area contributed by atoms with Crippen molar-refractivity contribution in [3.8, 4) is 28.7 Å². The number of hydrogen-bond donors (Lipinski definition) is 2. The van der Waals surface area contributed by atoms with Crippen LogP contribution in [-0.2, 0) is 9.59 Å². The minimum absolute atomic E-state index is 0.406. The average Bonchev–Trinajstić information content (AvgIpc) is 2.85. The Morgan fingerprint density at radius 3 is 2.27 bits per heavy atom. The van der Waals surface area contributed by atoms with E-state index < -0.39 is 11.8 Å². The summed E-state index contributed by atoms with van der Waals surface area (Å²) < 4.78 is 5.75.